The SMILES string of the molecule is O=C(NC1CCCC1)[C@H](Cc1ccccc1)N(Cc1ccc(F)cc1)C(=O)COc1ccc(Cl)cc1Br. The molecule has 0 aliphatic heterocycles. The average Bonchev–Trinajstić information content (AvgIpc) is 3.40. The molecule has 1 N–H and O–H groups in total. The number of amides is 2. The van der Waals surface area contributed by atoms with Crippen LogP contribution in [0.1, 0.15) is 36.8 Å². The third kappa shape index (κ3) is 7.79. The number of hydrogen-bond donors (Lipinski definition) is 1. The van der Waals surface area contributed by atoms with Crippen LogP contribution in [0, 0.1) is 5.82 Å². The number of ether oxygens (including phenoxy) is 1. The first kappa shape index (κ1) is 27.1. The Balaban J connectivity index is 1.61. The molecule has 0 saturated heterocycles. The Morgan fingerprint density at radius 2 is 1.73 bits per heavy atom. The summed E-state index contributed by atoms with van der Waals surface area (Å²) in [6, 6.07) is 20.0. The lowest BCUT2D eigenvalue weighted by Gasteiger charge is -2.32. The summed E-state index contributed by atoms with van der Waals surface area (Å²) >= 11 is 9.43. The van der Waals surface area contributed by atoms with Gasteiger partial charge in [0.2, 0.25) is 5.91 Å². The highest BCUT2D eigenvalue weighted by molar-refractivity contribution is 9.10. The van der Waals surface area contributed by atoms with Gasteiger partial charge in [0.15, 0.2) is 6.61 Å². The zero-order valence-corrected chi connectivity index (χ0v) is 22.7. The molecule has 5 nitrogen and oxygen atoms in total. The summed E-state index contributed by atoms with van der Waals surface area (Å²) in [6.07, 6.45) is 4.37. The van der Waals surface area contributed by atoms with Gasteiger partial charge in [0.25, 0.3) is 5.91 Å². The second-order valence-electron chi connectivity index (χ2n) is 9.21. The zero-order valence-electron chi connectivity index (χ0n) is 20.3. The van der Waals surface area contributed by atoms with Crippen molar-refractivity contribution in [1.29, 1.82) is 0 Å². The van der Waals surface area contributed by atoms with E-state index in [2.05, 4.69) is 21.2 Å². The summed E-state index contributed by atoms with van der Waals surface area (Å²) in [5.41, 5.74) is 1.65. The molecule has 37 heavy (non-hydrogen) atoms. The Bertz CT molecular complexity index is 1200. The normalized spacial score (nSPS) is 14.2. The van der Waals surface area contributed by atoms with Crippen molar-refractivity contribution in [3.8, 4) is 5.75 Å². The van der Waals surface area contributed by atoms with Gasteiger partial charge in [-0.05, 0) is 70.2 Å². The molecule has 1 aliphatic rings. The van der Waals surface area contributed by atoms with Crippen molar-refractivity contribution in [3.63, 3.8) is 0 Å². The fourth-order valence-electron chi connectivity index (χ4n) is 4.52. The highest BCUT2D eigenvalue weighted by Crippen LogP contribution is 2.28. The summed E-state index contributed by atoms with van der Waals surface area (Å²) in [6.45, 7) is -0.136. The van der Waals surface area contributed by atoms with Crippen LogP contribution >= 0.6 is 27.5 Å². The van der Waals surface area contributed by atoms with Crippen LogP contribution in [0.25, 0.3) is 0 Å². The minimum absolute atomic E-state index is 0.106. The molecule has 194 valence electrons. The molecule has 0 aromatic heterocycles. The molecule has 2 amide bonds. The van der Waals surface area contributed by atoms with Gasteiger partial charge in [0, 0.05) is 24.0 Å². The van der Waals surface area contributed by atoms with Gasteiger partial charge < -0.3 is 15.0 Å². The van der Waals surface area contributed by atoms with Crippen LogP contribution in [0.3, 0.4) is 0 Å². The number of nitrogens with one attached hydrogen (secondary N) is 1. The largest absolute Gasteiger partial charge is 0.483 e. The Kier molecular flexibility index (Phi) is 9.58. The minimum atomic E-state index is -0.766. The summed E-state index contributed by atoms with van der Waals surface area (Å²) in [5.74, 6) is -0.445. The summed E-state index contributed by atoms with van der Waals surface area (Å²) in [5, 5.41) is 3.70. The number of hydrogen-bond acceptors (Lipinski definition) is 3. The van der Waals surface area contributed by atoms with Crippen LogP contribution in [0.2, 0.25) is 5.02 Å². The fourth-order valence-corrected chi connectivity index (χ4v) is 5.32. The smallest absolute Gasteiger partial charge is 0.261 e. The van der Waals surface area contributed by atoms with E-state index < -0.39 is 6.04 Å². The first-order valence-electron chi connectivity index (χ1n) is 12.3. The van der Waals surface area contributed by atoms with E-state index in [4.69, 9.17) is 16.3 Å². The Labute approximate surface area is 230 Å². The highest BCUT2D eigenvalue weighted by atomic mass is 79.9. The molecule has 0 bridgehead atoms. The Hall–Kier alpha value is -2.90. The molecule has 0 radical (unpaired) electrons. The molecule has 8 heteroatoms. The summed E-state index contributed by atoms with van der Waals surface area (Å²) < 4.78 is 20.0. The maximum absolute atomic E-state index is 13.6. The quantitative estimate of drug-likeness (QED) is 0.302. The summed E-state index contributed by atoms with van der Waals surface area (Å²) in [7, 11) is 0. The van der Waals surface area contributed by atoms with Crippen LogP contribution in [0.5, 0.6) is 5.75 Å². The lowest BCUT2D eigenvalue weighted by atomic mass is 10.0. The molecular weight excluding hydrogens is 559 g/mol. The first-order chi connectivity index (χ1) is 17.9. The van der Waals surface area contributed by atoms with E-state index in [-0.39, 0.29) is 36.8 Å². The third-order valence-electron chi connectivity index (χ3n) is 6.48. The van der Waals surface area contributed by atoms with E-state index in [1.807, 2.05) is 30.3 Å². The van der Waals surface area contributed by atoms with Gasteiger partial charge in [-0.25, -0.2) is 4.39 Å². The number of carbonyl (C=O) groups excluding carboxylic acids is 2. The van der Waals surface area contributed by atoms with Gasteiger partial charge in [0.1, 0.15) is 17.6 Å². The van der Waals surface area contributed by atoms with Crippen molar-refractivity contribution in [2.45, 2.75) is 50.7 Å². The second kappa shape index (κ2) is 13.1. The van der Waals surface area contributed by atoms with E-state index in [0.29, 0.717) is 27.2 Å². The van der Waals surface area contributed by atoms with Crippen molar-refractivity contribution >= 4 is 39.3 Å². The van der Waals surface area contributed by atoms with Gasteiger partial charge in [-0.2, -0.15) is 0 Å². The van der Waals surface area contributed by atoms with Crippen molar-refractivity contribution in [2.24, 2.45) is 0 Å². The standard InChI is InChI=1S/C29H29BrClFN2O3/c30-25-17-22(31)12-15-27(25)37-19-28(35)34(18-21-10-13-23(32)14-11-21)26(16-20-6-2-1-3-7-20)29(36)33-24-8-4-5-9-24/h1-3,6-7,10-15,17,24,26H,4-5,8-9,16,18-19H2,(H,33,36)/t26-/m0/s1. The lowest BCUT2D eigenvalue weighted by molar-refractivity contribution is -0.143. The molecule has 0 unspecified atom stereocenters. The number of halogens is 3. The van der Waals surface area contributed by atoms with Gasteiger partial charge in [-0.15, -0.1) is 0 Å². The van der Waals surface area contributed by atoms with E-state index in [1.54, 1.807) is 30.3 Å². The maximum Gasteiger partial charge on any atom is 0.261 e. The predicted molar refractivity (Wildman–Crippen MR) is 146 cm³/mol. The van der Waals surface area contributed by atoms with Crippen molar-refractivity contribution < 1.29 is 18.7 Å². The van der Waals surface area contributed by atoms with Crippen LogP contribution < -0.4 is 10.1 Å². The summed E-state index contributed by atoms with van der Waals surface area (Å²) in [4.78, 5) is 28.8. The molecule has 3 aromatic carbocycles. The number of nitrogens with zero attached hydrogens (tertiary/aromatic N) is 1. The minimum Gasteiger partial charge on any atom is -0.483 e. The molecule has 1 saturated carbocycles. The van der Waals surface area contributed by atoms with Crippen molar-refractivity contribution in [3.05, 3.63) is 99.2 Å². The molecule has 1 aliphatic carbocycles. The lowest BCUT2D eigenvalue weighted by Crippen LogP contribution is -2.53. The molecule has 4 rings (SSSR count). The van der Waals surface area contributed by atoms with Gasteiger partial charge in [-0.1, -0.05) is 66.9 Å². The van der Waals surface area contributed by atoms with Crippen molar-refractivity contribution in [1.82, 2.24) is 10.2 Å². The maximum atomic E-state index is 13.6. The van der Waals surface area contributed by atoms with Gasteiger partial charge in [-0.3, -0.25) is 9.59 Å². The molecule has 0 spiro atoms. The van der Waals surface area contributed by atoms with Crippen LogP contribution in [0.15, 0.2) is 77.3 Å². The van der Waals surface area contributed by atoms with E-state index in [1.165, 1.54) is 17.0 Å². The molecule has 0 heterocycles. The average molecular weight is 588 g/mol. The molecule has 3 aromatic rings. The Morgan fingerprint density at radius 3 is 2.41 bits per heavy atom. The van der Waals surface area contributed by atoms with Gasteiger partial charge in [0.05, 0.1) is 4.47 Å². The zero-order chi connectivity index (χ0) is 26.2. The van der Waals surface area contributed by atoms with Crippen LogP contribution in [0.4, 0.5) is 4.39 Å². The van der Waals surface area contributed by atoms with Crippen molar-refractivity contribution in [2.75, 3.05) is 6.61 Å². The Morgan fingerprint density at radius 1 is 1.03 bits per heavy atom. The fraction of sp³-hybridized carbons (Fsp3) is 0.310. The predicted octanol–water partition coefficient (Wildman–Crippen LogP) is 6.32. The second-order valence-corrected chi connectivity index (χ2v) is 10.5. The monoisotopic (exact) mass is 586 g/mol. The number of benzene rings is 3. The van der Waals surface area contributed by atoms with Gasteiger partial charge >= 0.3 is 0 Å². The van der Waals surface area contributed by atoms with Crippen LogP contribution in [-0.4, -0.2) is 35.4 Å². The molecular formula is C29H29BrClFN2O3. The number of rotatable bonds is 10. The highest BCUT2D eigenvalue weighted by Gasteiger charge is 2.32. The molecule has 1 atom stereocenters. The molecule has 1 fully saturated rings. The van der Waals surface area contributed by atoms with Crippen LogP contribution in [-0.2, 0) is 22.6 Å². The van der Waals surface area contributed by atoms with E-state index in [0.717, 1.165) is 31.2 Å². The first-order valence-corrected chi connectivity index (χ1v) is 13.5. The van der Waals surface area contributed by atoms with E-state index in [9.17, 15) is 14.0 Å². The van der Waals surface area contributed by atoms with E-state index >= 15 is 0 Å². The topological polar surface area (TPSA) is 58.6 Å². The third-order valence-corrected chi connectivity index (χ3v) is 7.34. The number of carbonyl (C=O) groups is 2.